The lowest BCUT2D eigenvalue weighted by Crippen LogP contribution is -2.57. The van der Waals surface area contributed by atoms with Crippen LogP contribution in [0.3, 0.4) is 0 Å². The normalized spacial score (nSPS) is 24.5. The van der Waals surface area contributed by atoms with Crippen molar-refractivity contribution in [1.29, 1.82) is 0 Å². The summed E-state index contributed by atoms with van der Waals surface area (Å²) < 4.78 is 5.44. The lowest BCUT2D eigenvalue weighted by Gasteiger charge is -2.39. The van der Waals surface area contributed by atoms with E-state index in [2.05, 4.69) is 10.2 Å². The molecule has 0 spiro atoms. The van der Waals surface area contributed by atoms with Gasteiger partial charge in [-0.3, -0.25) is 9.69 Å². The van der Waals surface area contributed by atoms with E-state index in [1.54, 1.807) is 0 Å². The van der Waals surface area contributed by atoms with E-state index < -0.39 is 12.0 Å². The van der Waals surface area contributed by atoms with Gasteiger partial charge in [0.1, 0.15) is 12.1 Å². The smallest absolute Gasteiger partial charge is 0.326 e. The van der Waals surface area contributed by atoms with Crippen LogP contribution >= 0.6 is 0 Å². The zero-order valence-corrected chi connectivity index (χ0v) is 13.4. The highest BCUT2D eigenvalue weighted by Crippen LogP contribution is 2.28. The predicted octanol–water partition coefficient (Wildman–Crippen LogP) is 1.25. The van der Waals surface area contributed by atoms with Gasteiger partial charge in [0.2, 0.25) is 5.91 Å². The number of aliphatic carboxylic acids is 1. The summed E-state index contributed by atoms with van der Waals surface area (Å²) in [7, 11) is 0. The van der Waals surface area contributed by atoms with Gasteiger partial charge in [-0.2, -0.15) is 0 Å². The van der Waals surface area contributed by atoms with Crippen LogP contribution in [0.25, 0.3) is 0 Å². The molecule has 0 bridgehead atoms. The van der Waals surface area contributed by atoms with Crippen molar-refractivity contribution in [1.82, 2.24) is 10.2 Å². The van der Waals surface area contributed by atoms with Crippen molar-refractivity contribution in [3.8, 4) is 0 Å². The number of hydrogen-bond donors (Lipinski definition) is 2. The molecule has 1 saturated carbocycles. The quantitative estimate of drug-likeness (QED) is 0.705. The van der Waals surface area contributed by atoms with Crippen LogP contribution in [0.1, 0.15) is 45.4 Å². The van der Waals surface area contributed by atoms with Gasteiger partial charge < -0.3 is 15.2 Å². The molecule has 2 rings (SSSR count). The molecule has 1 aliphatic heterocycles. The predicted molar refractivity (Wildman–Crippen MR) is 82.6 cm³/mol. The first-order valence-electron chi connectivity index (χ1n) is 8.46. The van der Waals surface area contributed by atoms with Gasteiger partial charge in [0.15, 0.2) is 0 Å². The molecule has 1 saturated heterocycles. The van der Waals surface area contributed by atoms with Crippen LogP contribution in [-0.4, -0.2) is 60.3 Å². The van der Waals surface area contributed by atoms with Crippen LogP contribution in [0.2, 0.25) is 0 Å². The van der Waals surface area contributed by atoms with Crippen LogP contribution in [0, 0.1) is 5.92 Å². The van der Waals surface area contributed by atoms with Gasteiger partial charge in [0.25, 0.3) is 0 Å². The third-order valence-electron chi connectivity index (χ3n) is 4.72. The molecule has 1 heterocycles. The molecule has 6 nitrogen and oxygen atoms in total. The van der Waals surface area contributed by atoms with Gasteiger partial charge in [0.05, 0.1) is 13.2 Å². The number of nitrogens with zero attached hydrogens (tertiary/aromatic N) is 1. The van der Waals surface area contributed by atoms with E-state index in [1.165, 1.54) is 19.3 Å². The first kappa shape index (κ1) is 17.2. The van der Waals surface area contributed by atoms with Crippen LogP contribution in [0.5, 0.6) is 0 Å². The highest BCUT2D eigenvalue weighted by Gasteiger charge is 2.34. The Balaban J connectivity index is 1.90. The third-order valence-corrected chi connectivity index (χ3v) is 4.72. The average molecular weight is 312 g/mol. The fourth-order valence-electron chi connectivity index (χ4n) is 3.04. The van der Waals surface area contributed by atoms with Crippen molar-refractivity contribution in [3.05, 3.63) is 0 Å². The van der Waals surface area contributed by atoms with E-state index in [0.717, 1.165) is 25.9 Å². The Morgan fingerprint density at radius 3 is 2.77 bits per heavy atom. The van der Waals surface area contributed by atoms with Crippen molar-refractivity contribution in [3.63, 3.8) is 0 Å². The summed E-state index contributed by atoms with van der Waals surface area (Å²) in [6.07, 6.45) is 5.95. The maximum absolute atomic E-state index is 12.5. The van der Waals surface area contributed by atoms with Crippen molar-refractivity contribution >= 4 is 11.9 Å². The maximum Gasteiger partial charge on any atom is 0.326 e. The van der Waals surface area contributed by atoms with E-state index in [-0.39, 0.29) is 11.9 Å². The minimum Gasteiger partial charge on any atom is -0.480 e. The minimum absolute atomic E-state index is 0.206. The lowest BCUT2D eigenvalue weighted by atomic mass is 9.84. The largest absolute Gasteiger partial charge is 0.480 e. The number of amides is 1. The Bertz CT molecular complexity index is 384. The zero-order chi connectivity index (χ0) is 15.9. The third kappa shape index (κ3) is 4.68. The molecule has 22 heavy (non-hydrogen) atoms. The Hall–Kier alpha value is -1.14. The molecule has 6 heteroatoms. The van der Waals surface area contributed by atoms with Crippen molar-refractivity contribution in [2.24, 2.45) is 5.92 Å². The molecule has 0 aromatic heterocycles. The second-order valence-corrected chi connectivity index (χ2v) is 6.42. The first-order chi connectivity index (χ1) is 10.6. The van der Waals surface area contributed by atoms with Crippen LogP contribution < -0.4 is 5.32 Å². The fraction of sp³-hybridized carbons (Fsp3) is 0.875. The number of ether oxygens (including phenoxy) is 1. The number of carbonyl (C=O) groups is 2. The number of rotatable bonds is 8. The Morgan fingerprint density at radius 2 is 2.18 bits per heavy atom. The average Bonchev–Trinajstić information content (AvgIpc) is 2.47. The van der Waals surface area contributed by atoms with Crippen molar-refractivity contribution in [2.75, 3.05) is 26.3 Å². The molecular formula is C16H28N2O4. The molecular weight excluding hydrogens is 284 g/mol. The number of hydrogen-bond acceptors (Lipinski definition) is 4. The summed E-state index contributed by atoms with van der Waals surface area (Å²) in [5, 5.41) is 11.9. The van der Waals surface area contributed by atoms with Gasteiger partial charge in [-0.25, -0.2) is 4.79 Å². The summed E-state index contributed by atoms with van der Waals surface area (Å²) in [6.45, 7) is 4.69. The van der Waals surface area contributed by atoms with Gasteiger partial charge in [-0.05, 0) is 25.2 Å². The summed E-state index contributed by atoms with van der Waals surface area (Å²) in [6, 6.07) is -1.14. The molecule has 2 aliphatic rings. The molecule has 1 aliphatic carbocycles. The Morgan fingerprint density at radius 1 is 1.41 bits per heavy atom. The Kier molecular flexibility index (Phi) is 6.64. The topological polar surface area (TPSA) is 78.9 Å². The monoisotopic (exact) mass is 312 g/mol. The molecule has 0 radical (unpaired) electrons. The fourth-order valence-corrected chi connectivity index (χ4v) is 3.04. The highest BCUT2D eigenvalue weighted by molar-refractivity contribution is 5.87. The van der Waals surface area contributed by atoms with E-state index in [4.69, 9.17) is 4.74 Å². The molecule has 1 unspecified atom stereocenters. The van der Waals surface area contributed by atoms with E-state index >= 15 is 0 Å². The van der Waals surface area contributed by atoms with Gasteiger partial charge >= 0.3 is 5.97 Å². The molecule has 0 aromatic carbocycles. The number of carbonyl (C=O) groups excluding carboxylic acids is 1. The van der Waals surface area contributed by atoms with Crippen LogP contribution in [0.4, 0.5) is 0 Å². The van der Waals surface area contributed by atoms with Crippen LogP contribution in [0.15, 0.2) is 0 Å². The van der Waals surface area contributed by atoms with Gasteiger partial charge in [-0.1, -0.05) is 26.2 Å². The second-order valence-electron chi connectivity index (χ2n) is 6.42. The standard InChI is InChI=1S/C16H28N2O4/c1-2-3-7-13(16(20)21)17-15(19)14-11-22-9-8-18(14)10-12-5-4-6-12/h12-14H,2-11H2,1H3,(H,17,19)(H,20,21)/t13-,14?/m0/s1. The van der Waals surface area contributed by atoms with E-state index in [9.17, 15) is 14.7 Å². The highest BCUT2D eigenvalue weighted by atomic mass is 16.5. The summed E-state index contributed by atoms with van der Waals surface area (Å²) in [4.78, 5) is 25.9. The molecule has 2 atom stereocenters. The second kappa shape index (κ2) is 8.48. The van der Waals surface area contributed by atoms with Crippen molar-refractivity contribution < 1.29 is 19.4 Å². The molecule has 2 fully saturated rings. The van der Waals surface area contributed by atoms with Crippen molar-refractivity contribution in [2.45, 2.75) is 57.5 Å². The van der Waals surface area contributed by atoms with Crippen LogP contribution in [-0.2, 0) is 14.3 Å². The summed E-state index contributed by atoms with van der Waals surface area (Å²) in [5.74, 6) is -0.477. The van der Waals surface area contributed by atoms with E-state index in [0.29, 0.717) is 25.6 Å². The maximum atomic E-state index is 12.5. The summed E-state index contributed by atoms with van der Waals surface area (Å²) >= 11 is 0. The number of carboxylic acid groups (broad SMARTS) is 1. The Labute approximate surface area is 132 Å². The van der Waals surface area contributed by atoms with E-state index in [1.807, 2.05) is 6.92 Å². The van der Waals surface area contributed by atoms with Gasteiger partial charge in [0, 0.05) is 13.1 Å². The number of carboxylic acids is 1. The number of morpholine rings is 1. The molecule has 0 aromatic rings. The lowest BCUT2D eigenvalue weighted by molar-refractivity contribution is -0.144. The minimum atomic E-state index is -0.955. The SMILES string of the molecule is CCCC[C@H](NC(=O)C1COCCN1CC1CCC1)C(=O)O. The molecule has 126 valence electrons. The number of nitrogens with one attached hydrogen (secondary N) is 1. The van der Waals surface area contributed by atoms with Gasteiger partial charge in [-0.15, -0.1) is 0 Å². The summed E-state index contributed by atoms with van der Waals surface area (Å²) in [5.41, 5.74) is 0. The first-order valence-corrected chi connectivity index (χ1v) is 8.46. The molecule has 1 amide bonds. The molecule has 2 N–H and O–H groups in total. The zero-order valence-electron chi connectivity index (χ0n) is 13.4. The number of unbranched alkanes of at least 4 members (excludes halogenated alkanes) is 1.